The molecule has 0 aliphatic carbocycles. The van der Waals surface area contributed by atoms with E-state index in [2.05, 4.69) is 12.6 Å². The molecule has 1 aliphatic rings. The van der Waals surface area contributed by atoms with Crippen molar-refractivity contribution in [2.75, 3.05) is 13.2 Å². The zero-order valence-electron chi connectivity index (χ0n) is 8.53. The number of halogens is 1. The molecule has 82 valence electrons. The van der Waals surface area contributed by atoms with Crippen molar-refractivity contribution in [3.8, 4) is 0 Å². The topological polar surface area (TPSA) is 9.23 Å². The predicted octanol–water partition coefficient (Wildman–Crippen LogP) is 2.70. The fraction of sp³-hybridized carbons (Fsp3) is 0.500. The first kappa shape index (κ1) is 11.0. The Balaban J connectivity index is 2.01. The predicted molar refractivity (Wildman–Crippen MR) is 61.8 cm³/mol. The quantitative estimate of drug-likeness (QED) is 0.763. The minimum Gasteiger partial charge on any atom is -0.381 e. The fourth-order valence-corrected chi connectivity index (χ4v) is 2.24. The smallest absolute Gasteiger partial charge is 0.123 e. The summed E-state index contributed by atoms with van der Waals surface area (Å²) < 4.78 is 18.4. The third-order valence-electron chi connectivity index (χ3n) is 2.82. The van der Waals surface area contributed by atoms with Gasteiger partial charge in [0.2, 0.25) is 0 Å². The number of benzene rings is 1. The van der Waals surface area contributed by atoms with Gasteiger partial charge in [-0.05, 0) is 36.5 Å². The third-order valence-corrected chi connectivity index (χ3v) is 3.50. The molecule has 1 saturated heterocycles. The van der Waals surface area contributed by atoms with Crippen molar-refractivity contribution >= 4 is 12.6 Å². The van der Waals surface area contributed by atoms with E-state index in [1.807, 2.05) is 6.07 Å². The largest absolute Gasteiger partial charge is 0.381 e. The van der Waals surface area contributed by atoms with Gasteiger partial charge in [-0.15, -0.1) is 0 Å². The number of hydrogen-bond donors (Lipinski definition) is 1. The lowest BCUT2D eigenvalue weighted by Gasteiger charge is -2.28. The van der Waals surface area contributed by atoms with Gasteiger partial charge in [0.05, 0.1) is 6.61 Å². The Kier molecular flexibility index (Phi) is 3.65. The van der Waals surface area contributed by atoms with Gasteiger partial charge in [0.15, 0.2) is 0 Å². The Morgan fingerprint density at radius 3 is 3.07 bits per heavy atom. The zero-order chi connectivity index (χ0) is 10.7. The van der Waals surface area contributed by atoms with Crippen LogP contribution in [-0.2, 0) is 11.2 Å². The lowest BCUT2D eigenvalue weighted by molar-refractivity contribution is 0.0596. The first-order valence-corrected chi connectivity index (χ1v) is 5.77. The molecule has 0 saturated carbocycles. The summed E-state index contributed by atoms with van der Waals surface area (Å²) in [5, 5.41) is 0.377. The third kappa shape index (κ3) is 2.95. The van der Waals surface area contributed by atoms with Crippen LogP contribution in [0.5, 0.6) is 0 Å². The number of thiol groups is 1. The van der Waals surface area contributed by atoms with E-state index < -0.39 is 0 Å². The molecule has 2 atom stereocenters. The minimum atomic E-state index is -0.167. The van der Waals surface area contributed by atoms with E-state index in [-0.39, 0.29) is 5.82 Å². The number of ether oxygens (including phenoxy) is 1. The molecule has 1 aromatic rings. The molecule has 0 N–H and O–H groups in total. The summed E-state index contributed by atoms with van der Waals surface area (Å²) in [6, 6.07) is 6.77. The summed E-state index contributed by atoms with van der Waals surface area (Å²) in [6.45, 7) is 1.54. The molecule has 15 heavy (non-hydrogen) atoms. The fourth-order valence-electron chi connectivity index (χ4n) is 1.95. The molecule has 0 radical (unpaired) electrons. The molecule has 3 heteroatoms. The molecule has 0 bridgehead atoms. The molecule has 2 rings (SSSR count). The molecule has 1 heterocycles. The van der Waals surface area contributed by atoms with Gasteiger partial charge in [0.1, 0.15) is 5.82 Å². The SMILES string of the molecule is Fc1cccc(CC2COCCC2S)c1. The minimum absolute atomic E-state index is 0.167. The van der Waals surface area contributed by atoms with Crippen LogP contribution in [0.4, 0.5) is 4.39 Å². The van der Waals surface area contributed by atoms with Crippen LogP contribution in [0.25, 0.3) is 0 Å². The highest BCUT2D eigenvalue weighted by atomic mass is 32.1. The van der Waals surface area contributed by atoms with E-state index in [0.29, 0.717) is 11.2 Å². The van der Waals surface area contributed by atoms with Crippen LogP contribution in [0, 0.1) is 11.7 Å². The normalized spacial score (nSPS) is 26.5. The maximum absolute atomic E-state index is 13.0. The molecule has 1 aromatic carbocycles. The molecular formula is C12H15FOS. The van der Waals surface area contributed by atoms with Gasteiger partial charge in [-0.2, -0.15) is 12.6 Å². The van der Waals surface area contributed by atoms with E-state index in [0.717, 1.165) is 31.6 Å². The molecule has 0 spiro atoms. The van der Waals surface area contributed by atoms with Crippen LogP contribution in [-0.4, -0.2) is 18.5 Å². The van der Waals surface area contributed by atoms with E-state index in [1.54, 1.807) is 12.1 Å². The average Bonchev–Trinajstić information content (AvgIpc) is 2.22. The van der Waals surface area contributed by atoms with E-state index in [1.165, 1.54) is 6.07 Å². The molecular weight excluding hydrogens is 211 g/mol. The molecule has 1 aliphatic heterocycles. The van der Waals surface area contributed by atoms with Crippen LogP contribution >= 0.6 is 12.6 Å². The molecule has 0 aromatic heterocycles. The maximum Gasteiger partial charge on any atom is 0.123 e. The van der Waals surface area contributed by atoms with Gasteiger partial charge in [-0.1, -0.05) is 12.1 Å². The summed E-state index contributed by atoms with van der Waals surface area (Å²) >= 11 is 4.54. The first-order valence-electron chi connectivity index (χ1n) is 5.26. The van der Waals surface area contributed by atoms with E-state index in [9.17, 15) is 4.39 Å². The second kappa shape index (κ2) is 4.99. The van der Waals surface area contributed by atoms with Crippen molar-refractivity contribution in [3.05, 3.63) is 35.6 Å². The van der Waals surface area contributed by atoms with Gasteiger partial charge in [-0.3, -0.25) is 0 Å². The standard InChI is InChI=1S/C12H15FOS/c13-11-3-1-2-9(7-11)6-10-8-14-5-4-12(10)15/h1-3,7,10,12,15H,4-6,8H2. The van der Waals surface area contributed by atoms with Crippen molar-refractivity contribution in [3.63, 3.8) is 0 Å². The lowest BCUT2D eigenvalue weighted by Crippen LogP contribution is -2.29. The van der Waals surface area contributed by atoms with Crippen LogP contribution in [0.3, 0.4) is 0 Å². The van der Waals surface area contributed by atoms with Crippen LogP contribution in [0.2, 0.25) is 0 Å². The lowest BCUT2D eigenvalue weighted by atomic mass is 9.93. The number of hydrogen-bond acceptors (Lipinski definition) is 2. The Morgan fingerprint density at radius 2 is 2.33 bits per heavy atom. The van der Waals surface area contributed by atoms with Crippen molar-refractivity contribution in [2.45, 2.75) is 18.1 Å². The molecule has 2 unspecified atom stereocenters. The van der Waals surface area contributed by atoms with Crippen molar-refractivity contribution in [1.29, 1.82) is 0 Å². The Hall–Kier alpha value is -0.540. The van der Waals surface area contributed by atoms with Gasteiger partial charge in [0, 0.05) is 11.9 Å². The molecule has 1 fully saturated rings. The second-order valence-electron chi connectivity index (χ2n) is 4.03. The highest BCUT2D eigenvalue weighted by molar-refractivity contribution is 7.81. The van der Waals surface area contributed by atoms with E-state index >= 15 is 0 Å². The summed E-state index contributed by atoms with van der Waals surface area (Å²) in [5.74, 6) is 0.240. The maximum atomic E-state index is 13.0. The summed E-state index contributed by atoms with van der Waals surface area (Å²) in [5.41, 5.74) is 1.03. The second-order valence-corrected chi connectivity index (χ2v) is 4.69. The van der Waals surface area contributed by atoms with Crippen molar-refractivity contribution < 1.29 is 9.13 Å². The van der Waals surface area contributed by atoms with Crippen LogP contribution in [0.1, 0.15) is 12.0 Å². The van der Waals surface area contributed by atoms with Gasteiger partial charge in [-0.25, -0.2) is 4.39 Å². The molecule has 1 nitrogen and oxygen atoms in total. The Morgan fingerprint density at radius 1 is 1.47 bits per heavy atom. The summed E-state index contributed by atoms with van der Waals surface area (Å²) in [7, 11) is 0. The number of rotatable bonds is 2. The zero-order valence-corrected chi connectivity index (χ0v) is 9.42. The van der Waals surface area contributed by atoms with Gasteiger partial charge in [0.25, 0.3) is 0 Å². The van der Waals surface area contributed by atoms with Crippen LogP contribution in [0.15, 0.2) is 24.3 Å². The Labute approximate surface area is 95.0 Å². The van der Waals surface area contributed by atoms with Crippen LogP contribution < -0.4 is 0 Å². The van der Waals surface area contributed by atoms with Gasteiger partial charge >= 0.3 is 0 Å². The highest BCUT2D eigenvalue weighted by Gasteiger charge is 2.22. The van der Waals surface area contributed by atoms with Crippen molar-refractivity contribution in [1.82, 2.24) is 0 Å². The van der Waals surface area contributed by atoms with Crippen molar-refractivity contribution in [2.24, 2.45) is 5.92 Å². The Bertz CT molecular complexity index is 329. The average molecular weight is 226 g/mol. The molecule has 0 amide bonds. The van der Waals surface area contributed by atoms with Gasteiger partial charge < -0.3 is 4.74 Å². The summed E-state index contributed by atoms with van der Waals surface area (Å²) in [6.07, 6.45) is 1.84. The first-order chi connectivity index (χ1) is 7.25. The highest BCUT2D eigenvalue weighted by Crippen LogP contribution is 2.23. The monoisotopic (exact) mass is 226 g/mol. The van der Waals surface area contributed by atoms with E-state index in [4.69, 9.17) is 4.74 Å². The summed E-state index contributed by atoms with van der Waals surface area (Å²) in [4.78, 5) is 0.